The van der Waals surface area contributed by atoms with Crippen LogP contribution in [-0.2, 0) is 28.9 Å². The lowest BCUT2D eigenvalue weighted by atomic mass is 9.98. The van der Waals surface area contributed by atoms with Crippen LogP contribution in [0.4, 0.5) is 0 Å². The molecule has 9 heteroatoms. The molecule has 25 heavy (non-hydrogen) atoms. The first kappa shape index (κ1) is 19.9. The molecular formula is C16H23NO6S2. The summed E-state index contributed by atoms with van der Waals surface area (Å²) in [6.45, 7) is 2.75. The summed E-state index contributed by atoms with van der Waals surface area (Å²) in [5.74, 6) is -0.882. The molecule has 7 nitrogen and oxygen atoms in total. The molecular weight excluding hydrogens is 366 g/mol. The van der Waals surface area contributed by atoms with Gasteiger partial charge in [-0.25, -0.2) is 8.42 Å². The van der Waals surface area contributed by atoms with Gasteiger partial charge in [-0.2, -0.15) is 8.42 Å². The zero-order valence-corrected chi connectivity index (χ0v) is 16.0. The van der Waals surface area contributed by atoms with Gasteiger partial charge in [-0.15, -0.1) is 0 Å². The van der Waals surface area contributed by atoms with Gasteiger partial charge in [-0.05, 0) is 37.8 Å². The lowest BCUT2D eigenvalue weighted by Crippen LogP contribution is -2.42. The molecule has 1 amide bonds. The Morgan fingerprint density at radius 3 is 2.20 bits per heavy atom. The fourth-order valence-corrected chi connectivity index (χ4v) is 4.23. The lowest BCUT2D eigenvalue weighted by molar-refractivity contribution is -0.129. The van der Waals surface area contributed by atoms with E-state index in [0.717, 1.165) is 11.8 Å². The predicted octanol–water partition coefficient (Wildman–Crippen LogP) is 0.984. The maximum atomic E-state index is 12.2. The van der Waals surface area contributed by atoms with Crippen molar-refractivity contribution in [1.82, 2.24) is 4.90 Å². The molecule has 0 spiro atoms. The number of amides is 1. The number of sulfone groups is 1. The number of benzene rings is 1. The molecule has 1 saturated heterocycles. The molecule has 0 N–H and O–H groups in total. The highest BCUT2D eigenvalue weighted by atomic mass is 32.2. The van der Waals surface area contributed by atoms with Gasteiger partial charge in [0.15, 0.2) is 9.84 Å². The van der Waals surface area contributed by atoms with Crippen molar-refractivity contribution >= 4 is 25.9 Å². The minimum Gasteiger partial charge on any atom is -0.342 e. The molecule has 0 aromatic heterocycles. The Morgan fingerprint density at radius 2 is 1.68 bits per heavy atom. The van der Waals surface area contributed by atoms with Crippen molar-refractivity contribution in [2.24, 2.45) is 5.92 Å². The van der Waals surface area contributed by atoms with Crippen LogP contribution in [0.5, 0.6) is 0 Å². The van der Waals surface area contributed by atoms with Gasteiger partial charge < -0.3 is 4.90 Å². The first-order valence-electron chi connectivity index (χ1n) is 7.98. The van der Waals surface area contributed by atoms with Crippen LogP contribution in [0.1, 0.15) is 18.4 Å². The fourth-order valence-electron chi connectivity index (χ4n) is 2.62. The molecule has 1 aromatic carbocycles. The molecule has 0 unspecified atom stereocenters. The highest BCUT2D eigenvalue weighted by Crippen LogP contribution is 2.21. The Morgan fingerprint density at radius 1 is 1.12 bits per heavy atom. The molecule has 0 aliphatic carbocycles. The molecule has 0 bridgehead atoms. The third kappa shape index (κ3) is 6.09. The van der Waals surface area contributed by atoms with Crippen molar-refractivity contribution in [3.63, 3.8) is 0 Å². The quantitative estimate of drug-likeness (QED) is 0.673. The summed E-state index contributed by atoms with van der Waals surface area (Å²) in [6, 6.07) is 6.44. The number of aryl methyl sites for hydroxylation is 1. The van der Waals surface area contributed by atoms with E-state index in [2.05, 4.69) is 0 Å². The maximum absolute atomic E-state index is 12.2. The first-order valence-corrected chi connectivity index (χ1v) is 11.5. The van der Waals surface area contributed by atoms with Crippen molar-refractivity contribution in [2.45, 2.75) is 24.7 Å². The fraction of sp³-hybridized carbons (Fsp3) is 0.562. The topological polar surface area (TPSA) is 97.8 Å². The third-order valence-corrected chi connectivity index (χ3v) is 6.19. The van der Waals surface area contributed by atoms with Crippen LogP contribution < -0.4 is 0 Å². The van der Waals surface area contributed by atoms with E-state index < -0.39 is 31.6 Å². The molecule has 2 rings (SSSR count). The monoisotopic (exact) mass is 389 g/mol. The zero-order valence-electron chi connectivity index (χ0n) is 14.3. The number of nitrogens with zero attached hydrogens (tertiary/aromatic N) is 1. The summed E-state index contributed by atoms with van der Waals surface area (Å²) < 4.78 is 51.8. The summed E-state index contributed by atoms with van der Waals surface area (Å²) >= 11 is 0. The second-order valence-electron chi connectivity index (χ2n) is 6.45. The number of piperidine rings is 1. The molecule has 1 aliphatic heterocycles. The Balaban J connectivity index is 1.84. The van der Waals surface area contributed by atoms with E-state index in [1.165, 1.54) is 17.0 Å². The lowest BCUT2D eigenvalue weighted by Gasteiger charge is -2.31. The van der Waals surface area contributed by atoms with Gasteiger partial charge in [-0.3, -0.25) is 8.98 Å². The van der Waals surface area contributed by atoms with E-state index in [0.29, 0.717) is 25.9 Å². The highest BCUT2D eigenvalue weighted by molar-refractivity contribution is 7.91. The SMILES string of the molecule is Cc1ccc(S(=O)(=O)OCC2CCN(C(=O)CS(C)(=O)=O)CC2)cc1. The summed E-state index contributed by atoms with van der Waals surface area (Å²) in [5, 5.41) is 0. The van der Waals surface area contributed by atoms with Crippen LogP contribution in [0.3, 0.4) is 0 Å². The van der Waals surface area contributed by atoms with Crippen LogP contribution in [0.25, 0.3) is 0 Å². The number of carbonyl (C=O) groups excluding carboxylic acids is 1. The molecule has 1 fully saturated rings. The number of likely N-dealkylation sites (tertiary alicyclic amines) is 1. The van der Waals surface area contributed by atoms with Gasteiger partial charge >= 0.3 is 0 Å². The van der Waals surface area contributed by atoms with Crippen LogP contribution in [0, 0.1) is 12.8 Å². The van der Waals surface area contributed by atoms with E-state index in [4.69, 9.17) is 4.18 Å². The second-order valence-corrected chi connectivity index (χ2v) is 10.2. The van der Waals surface area contributed by atoms with Crippen molar-refractivity contribution in [1.29, 1.82) is 0 Å². The highest BCUT2D eigenvalue weighted by Gasteiger charge is 2.26. The Hall–Kier alpha value is -1.45. The molecule has 0 saturated carbocycles. The average Bonchev–Trinajstić information content (AvgIpc) is 2.52. The first-order chi connectivity index (χ1) is 11.6. The Kier molecular flexibility index (Phi) is 6.23. The normalized spacial score (nSPS) is 16.8. The van der Waals surface area contributed by atoms with Crippen LogP contribution in [0.2, 0.25) is 0 Å². The van der Waals surface area contributed by atoms with Gasteiger partial charge in [-0.1, -0.05) is 17.7 Å². The number of hydrogen-bond acceptors (Lipinski definition) is 6. The van der Waals surface area contributed by atoms with Gasteiger partial charge in [0.2, 0.25) is 5.91 Å². The molecule has 140 valence electrons. The summed E-state index contributed by atoms with van der Waals surface area (Å²) in [7, 11) is -7.13. The standard InChI is InChI=1S/C16H23NO6S2/c1-13-3-5-15(6-4-13)25(21,22)23-11-14-7-9-17(10-8-14)16(18)12-24(2,19)20/h3-6,14H,7-12H2,1-2H3. The van der Waals surface area contributed by atoms with E-state index in [-0.39, 0.29) is 17.4 Å². The molecule has 1 aromatic rings. The van der Waals surface area contributed by atoms with Crippen LogP contribution in [-0.4, -0.2) is 59.3 Å². The van der Waals surface area contributed by atoms with Crippen molar-refractivity contribution in [3.8, 4) is 0 Å². The number of carbonyl (C=O) groups is 1. The largest absolute Gasteiger partial charge is 0.342 e. The van der Waals surface area contributed by atoms with Crippen molar-refractivity contribution < 1.29 is 25.8 Å². The minimum absolute atomic E-state index is 0.0162. The number of rotatable bonds is 6. The summed E-state index contributed by atoms with van der Waals surface area (Å²) in [4.78, 5) is 13.5. The van der Waals surface area contributed by atoms with Gasteiger partial charge in [0, 0.05) is 19.3 Å². The summed E-state index contributed by atoms with van der Waals surface area (Å²) in [6.07, 6.45) is 2.19. The third-order valence-electron chi connectivity index (χ3n) is 4.12. The Labute approximate surface area is 149 Å². The zero-order chi connectivity index (χ0) is 18.7. The minimum atomic E-state index is -3.79. The van der Waals surface area contributed by atoms with E-state index >= 15 is 0 Å². The van der Waals surface area contributed by atoms with Crippen molar-refractivity contribution in [3.05, 3.63) is 29.8 Å². The predicted molar refractivity (Wildman–Crippen MR) is 93.3 cm³/mol. The average molecular weight is 389 g/mol. The van der Waals surface area contributed by atoms with Crippen LogP contribution >= 0.6 is 0 Å². The van der Waals surface area contributed by atoms with Crippen LogP contribution in [0.15, 0.2) is 29.2 Å². The molecule has 1 heterocycles. The Bertz CT molecular complexity index is 807. The van der Waals surface area contributed by atoms with E-state index in [1.807, 2.05) is 6.92 Å². The van der Waals surface area contributed by atoms with E-state index in [1.54, 1.807) is 12.1 Å². The molecule has 1 aliphatic rings. The van der Waals surface area contributed by atoms with Crippen molar-refractivity contribution in [2.75, 3.05) is 31.7 Å². The van der Waals surface area contributed by atoms with Gasteiger partial charge in [0.1, 0.15) is 5.75 Å². The van der Waals surface area contributed by atoms with Gasteiger partial charge in [0.05, 0.1) is 11.5 Å². The van der Waals surface area contributed by atoms with E-state index in [9.17, 15) is 21.6 Å². The number of hydrogen-bond donors (Lipinski definition) is 0. The summed E-state index contributed by atoms with van der Waals surface area (Å²) in [5.41, 5.74) is 0.963. The van der Waals surface area contributed by atoms with Gasteiger partial charge in [0.25, 0.3) is 10.1 Å². The second kappa shape index (κ2) is 7.84. The smallest absolute Gasteiger partial charge is 0.296 e. The maximum Gasteiger partial charge on any atom is 0.296 e. The molecule has 0 radical (unpaired) electrons. The molecule has 0 atom stereocenters.